The molecule has 2 spiro atoms. The van der Waals surface area contributed by atoms with Crippen LogP contribution >= 0.6 is 0 Å². The van der Waals surface area contributed by atoms with E-state index in [0.29, 0.717) is 0 Å². The summed E-state index contributed by atoms with van der Waals surface area (Å²) >= 11 is 0. The van der Waals surface area contributed by atoms with Crippen molar-refractivity contribution < 1.29 is 0 Å². The van der Waals surface area contributed by atoms with E-state index in [4.69, 9.17) is 0 Å². The van der Waals surface area contributed by atoms with E-state index >= 15 is 0 Å². The summed E-state index contributed by atoms with van der Waals surface area (Å²) in [6.07, 6.45) is 4.92. The monoisotopic (exact) mass is 929 g/mol. The van der Waals surface area contributed by atoms with Gasteiger partial charge in [0, 0.05) is 27.9 Å². The van der Waals surface area contributed by atoms with Crippen molar-refractivity contribution in [1.82, 2.24) is 0 Å². The summed E-state index contributed by atoms with van der Waals surface area (Å²) in [5.41, 5.74) is 30.5. The molecule has 1 fully saturated rings. The first kappa shape index (κ1) is 43.6. The Hall–Kier alpha value is -7.22. The fourth-order valence-electron chi connectivity index (χ4n) is 14.7. The van der Waals surface area contributed by atoms with E-state index in [1.165, 1.54) is 148 Å². The van der Waals surface area contributed by atoms with Crippen LogP contribution in [0, 0.1) is 0 Å². The molecule has 1 nitrogen and oxygen atoms in total. The molecule has 0 atom stereocenters. The van der Waals surface area contributed by atoms with Gasteiger partial charge in [-0.05, 0) is 171 Å². The molecule has 9 aromatic rings. The molecule has 0 aromatic heterocycles. The quantitative estimate of drug-likeness (QED) is 0.170. The van der Waals surface area contributed by atoms with Crippen molar-refractivity contribution in [3.05, 3.63) is 244 Å². The first-order chi connectivity index (χ1) is 34.7. The van der Waals surface area contributed by atoms with E-state index in [9.17, 15) is 0 Å². The number of rotatable bonds is 4. The van der Waals surface area contributed by atoms with Gasteiger partial charge in [0.25, 0.3) is 0 Å². The van der Waals surface area contributed by atoms with E-state index in [0.717, 1.165) is 5.69 Å². The number of hydrogen-bond donors (Lipinski definition) is 0. The van der Waals surface area contributed by atoms with Crippen molar-refractivity contribution >= 4 is 17.1 Å². The third-order valence-electron chi connectivity index (χ3n) is 18.1. The second-order valence-electron chi connectivity index (χ2n) is 24.4. The van der Waals surface area contributed by atoms with Gasteiger partial charge in [-0.15, -0.1) is 0 Å². The molecule has 0 amide bonds. The second kappa shape index (κ2) is 14.9. The van der Waals surface area contributed by atoms with Crippen LogP contribution in [0.15, 0.2) is 188 Å². The Balaban J connectivity index is 1.00. The zero-order chi connectivity index (χ0) is 49.1. The van der Waals surface area contributed by atoms with Gasteiger partial charge < -0.3 is 4.90 Å². The van der Waals surface area contributed by atoms with E-state index in [1.807, 2.05) is 0 Å². The highest BCUT2D eigenvalue weighted by atomic mass is 15.1. The maximum Gasteiger partial charge on any atom is 0.0726 e. The highest BCUT2D eigenvalue weighted by Gasteiger charge is 2.53. The van der Waals surface area contributed by atoms with Gasteiger partial charge in [-0.3, -0.25) is 0 Å². The Labute approximate surface area is 427 Å². The highest BCUT2D eigenvalue weighted by molar-refractivity contribution is 5.97. The van der Waals surface area contributed by atoms with Crippen LogP contribution in [0.5, 0.6) is 0 Å². The Bertz CT molecular complexity index is 3680. The van der Waals surface area contributed by atoms with E-state index < -0.39 is 5.41 Å². The minimum absolute atomic E-state index is 0.0171. The molecule has 0 aliphatic heterocycles. The van der Waals surface area contributed by atoms with Gasteiger partial charge in [-0.2, -0.15) is 0 Å². The third kappa shape index (κ3) is 5.83. The lowest BCUT2D eigenvalue weighted by Crippen LogP contribution is -2.27. The van der Waals surface area contributed by atoms with Crippen molar-refractivity contribution in [1.29, 1.82) is 0 Å². The molecule has 5 aliphatic rings. The highest BCUT2D eigenvalue weighted by Crippen LogP contribution is 2.65. The Morgan fingerprint density at radius 3 is 1.35 bits per heavy atom. The van der Waals surface area contributed by atoms with Crippen LogP contribution < -0.4 is 4.90 Å². The molecular formula is C71H63N. The fourth-order valence-corrected chi connectivity index (χ4v) is 14.7. The van der Waals surface area contributed by atoms with E-state index in [-0.39, 0.29) is 21.7 Å². The molecule has 0 bridgehead atoms. The van der Waals surface area contributed by atoms with Crippen LogP contribution in [0.4, 0.5) is 17.1 Å². The summed E-state index contributed by atoms with van der Waals surface area (Å²) in [6, 6.07) is 73.7. The summed E-state index contributed by atoms with van der Waals surface area (Å²) in [5, 5.41) is 0. The lowest BCUT2D eigenvalue weighted by molar-refractivity contribution is 0.550. The normalized spacial score (nSPS) is 16.4. The van der Waals surface area contributed by atoms with Crippen molar-refractivity contribution in [3.8, 4) is 55.6 Å². The van der Waals surface area contributed by atoms with Gasteiger partial charge in [0.2, 0.25) is 0 Å². The maximum absolute atomic E-state index is 2.59. The van der Waals surface area contributed by atoms with Gasteiger partial charge in [0.05, 0.1) is 5.41 Å². The molecule has 0 radical (unpaired) electrons. The van der Waals surface area contributed by atoms with Gasteiger partial charge in [0.15, 0.2) is 0 Å². The average Bonchev–Trinajstić information content (AvgIpc) is 4.19. The molecule has 9 aromatic carbocycles. The SMILES string of the molecule is CC(C)(C)c1ccc2c(c1)C1(c3ccccc3-c3ccc(N(c4ccc(-c5cccc6c5C(C)(C)c5ccccc5-6)cc4)c4ccc5c(c4)C4(CCCC4)c4ccccc4-5)cc31)c1cc(C(C)(C)C)ccc1-2. The smallest absolute Gasteiger partial charge is 0.0726 e. The first-order valence-corrected chi connectivity index (χ1v) is 26.6. The number of hydrogen-bond acceptors (Lipinski definition) is 1. The summed E-state index contributed by atoms with van der Waals surface area (Å²) in [6.45, 7) is 18.9. The van der Waals surface area contributed by atoms with Crippen molar-refractivity contribution in [2.45, 2.75) is 108 Å². The van der Waals surface area contributed by atoms with Crippen molar-refractivity contribution in [3.63, 3.8) is 0 Å². The zero-order valence-corrected chi connectivity index (χ0v) is 43.2. The zero-order valence-electron chi connectivity index (χ0n) is 43.2. The largest absolute Gasteiger partial charge is 0.310 e. The predicted molar refractivity (Wildman–Crippen MR) is 303 cm³/mol. The van der Waals surface area contributed by atoms with Crippen molar-refractivity contribution in [2.24, 2.45) is 0 Å². The third-order valence-corrected chi connectivity index (χ3v) is 18.1. The Morgan fingerprint density at radius 2 is 0.764 bits per heavy atom. The first-order valence-electron chi connectivity index (χ1n) is 26.6. The minimum Gasteiger partial charge on any atom is -0.310 e. The van der Waals surface area contributed by atoms with Gasteiger partial charge >= 0.3 is 0 Å². The molecule has 0 N–H and O–H groups in total. The molecule has 1 saturated carbocycles. The lowest BCUT2D eigenvalue weighted by atomic mass is 9.68. The lowest BCUT2D eigenvalue weighted by Gasteiger charge is -2.34. The molecule has 1 heteroatoms. The predicted octanol–water partition coefficient (Wildman–Crippen LogP) is 18.9. The average molecular weight is 930 g/mol. The standard InChI is InChI=1S/C71H63N/c1-67(2,3)45-28-34-55-56-35-29-46(68(4,5)6)41-64(56)71(63(55)40-45)61-25-14-11-19-52(61)57-37-33-49(43-65(57)71)72(48-32-36-54-51-18-10-13-24-60(51)70(62(54)42-48)38-15-16-39-70)47-30-26-44(27-31-47)50-21-17-22-58-53-20-9-12-23-59(53)69(7,8)66(50)58/h9-14,17-37,40-43H,15-16,38-39H2,1-8H3. The molecule has 0 saturated heterocycles. The summed E-state index contributed by atoms with van der Waals surface area (Å²) in [5.74, 6) is 0. The number of anilines is 3. The molecular weight excluding hydrogens is 867 g/mol. The number of fused-ring (bicyclic) bond motifs is 18. The molecule has 0 unspecified atom stereocenters. The van der Waals surface area contributed by atoms with E-state index in [1.54, 1.807) is 0 Å². The van der Waals surface area contributed by atoms with Crippen LogP contribution in [0.25, 0.3) is 55.6 Å². The van der Waals surface area contributed by atoms with Crippen LogP contribution in [-0.4, -0.2) is 0 Å². The maximum atomic E-state index is 2.59. The van der Waals surface area contributed by atoms with E-state index in [2.05, 4.69) is 248 Å². The minimum atomic E-state index is -0.504. The van der Waals surface area contributed by atoms with Gasteiger partial charge in [0.1, 0.15) is 0 Å². The Kier molecular flexibility index (Phi) is 9.03. The molecule has 14 rings (SSSR count). The number of benzene rings is 9. The topological polar surface area (TPSA) is 3.24 Å². The van der Waals surface area contributed by atoms with Gasteiger partial charge in [-0.25, -0.2) is 0 Å². The summed E-state index contributed by atoms with van der Waals surface area (Å²) < 4.78 is 0. The van der Waals surface area contributed by atoms with Crippen molar-refractivity contribution in [2.75, 3.05) is 4.90 Å². The van der Waals surface area contributed by atoms with Crippen LogP contribution in [0.3, 0.4) is 0 Å². The second-order valence-corrected chi connectivity index (χ2v) is 24.4. The molecule has 72 heavy (non-hydrogen) atoms. The molecule has 352 valence electrons. The summed E-state index contributed by atoms with van der Waals surface area (Å²) in [4.78, 5) is 2.58. The van der Waals surface area contributed by atoms with Crippen LogP contribution in [0.1, 0.15) is 137 Å². The fraction of sp³-hybridized carbons (Fsp3) is 0.239. The number of nitrogens with zero attached hydrogens (tertiary/aromatic N) is 1. The molecule has 5 aliphatic carbocycles. The Morgan fingerprint density at radius 1 is 0.347 bits per heavy atom. The van der Waals surface area contributed by atoms with Crippen LogP contribution in [-0.2, 0) is 27.1 Å². The van der Waals surface area contributed by atoms with Gasteiger partial charge in [-0.1, -0.05) is 220 Å². The summed E-state index contributed by atoms with van der Waals surface area (Å²) in [7, 11) is 0. The molecule has 0 heterocycles. The van der Waals surface area contributed by atoms with Crippen LogP contribution in [0.2, 0.25) is 0 Å².